The van der Waals surface area contributed by atoms with Gasteiger partial charge in [0.2, 0.25) is 0 Å². The maximum absolute atomic E-state index is 13.0. The highest BCUT2D eigenvalue weighted by Gasteiger charge is 2.22. The Kier molecular flexibility index (Phi) is 3.07. The summed E-state index contributed by atoms with van der Waals surface area (Å²) < 4.78 is 0. The monoisotopic (exact) mass is 324 g/mol. The molecular weight excluding hydrogens is 315 g/mol. The molecule has 106 valence electrons. The van der Waals surface area contributed by atoms with E-state index in [-0.39, 0.29) is 5.78 Å². The summed E-state index contributed by atoms with van der Waals surface area (Å²) in [6, 6.07) is 18.8. The Morgan fingerprint density at radius 1 is 0.591 bits per heavy atom. The highest BCUT2D eigenvalue weighted by atomic mass is 35.5. The van der Waals surface area contributed by atoms with E-state index in [9.17, 15) is 4.79 Å². The first-order valence-corrected chi connectivity index (χ1v) is 7.64. The van der Waals surface area contributed by atoms with Crippen LogP contribution in [0.3, 0.4) is 0 Å². The van der Waals surface area contributed by atoms with Crippen molar-refractivity contribution in [2.24, 2.45) is 0 Å². The quantitative estimate of drug-likeness (QED) is 0.395. The minimum absolute atomic E-state index is 0.00914. The standard InChI is InChI=1S/C19H10Cl2O/c20-13-4-6-15-17(9-13)11-2-1-3-12(8-11)18-10-14(21)5-7-16(18)19(15)22/h1-10H. The van der Waals surface area contributed by atoms with Gasteiger partial charge in [0.05, 0.1) is 0 Å². The Labute approximate surface area is 138 Å². The normalized spacial score (nSPS) is 12.2. The summed E-state index contributed by atoms with van der Waals surface area (Å²) in [6.45, 7) is 0. The minimum atomic E-state index is -0.00914. The summed E-state index contributed by atoms with van der Waals surface area (Å²) in [6.07, 6.45) is 0. The van der Waals surface area contributed by atoms with Crippen LogP contribution in [0.5, 0.6) is 0 Å². The van der Waals surface area contributed by atoms with Crippen molar-refractivity contribution in [2.45, 2.75) is 0 Å². The molecule has 3 aromatic carbocycles. The molecule has 0 saturated carbocycles. The zero-order valence-electron chi connectivity index (χ0n) is 11.4. The van der Waals surface area contributed by atoms with Crippen LogP contribution in [0.2, 0.25) is 10.0 Å². The Bertz CT molecular complexity index is 858. The van der Waals surface area contributed by atoms with Crippen molar-refractivity contribution in [3.8, 4) is 22.3 Å². The summed E-state index contributed by atoms with van der Waals surface area (Å²) in [7, 11) is 0. The van der Waals surface area contributed by atoms with E-state index in [0.717, 1.165) is 22.3 Å². The lowest BCUT2D eigenvalue weighted by Crippen LogP contribution is -2.07. The molecule has 0 amide bonds. The molecular formula is C19H10Cl2O. The maximum atomic E-state index is 13.0. The Balaban J connectivity index is 2.13. The van der Waals surface area contributed by atoms with Crippen molar-refractivity contribution in [1.29, 1.82) is 0 Å². The van der Waals surface area contributed by atoms with Crippen LogP contribution >= 0.6 is 23.2 Å². The van der Waals surface area contributed by atoms with E-state index in [4.69, 9.17) is 23.2 Å². The lowest BCUT2D eigenvalue weighted by molar-refractivity contribution is 0.104. The predicted molar refractivity (Wildman–Crippen MR) is 90.8 cm³/mol. The average Bonchev–Trinajstić information content (AvgIpc) is 2.53. The molecule has 0 spiro atoms. The number of benzene rings is 3. The lowest BCUT2D eigenvalue weighted by Gasteiger charge is -2.17. The Hall–Kier alpha value is -2.09. The van der Waals surface area contributed by atoms with E-state index in [2.05, 4.69) is 6.07 Å². The second-order valence-electron chi connectivity index (χ2n) is 5.29. The fourth-order valence-electron chi connectivity index (χ4n) is 2.91. The van der Waals surface area contributed by atoms with E-state index < -0.39 is 0 Å². The van der Waals surface area contributed by atoms with Gasteiger partial charge in [-0.1, -0.05) is 41.4 Å². The number of ketones is 1. The molecule has 3 aromatic rings. The summed E-state index contributed by atoms with van der Waals surface area (Å²) in [5.41, 5.74) is 5.00. The molecule has 0 heterocycles. The van der Waals surface area contributed by atoms with Gasteiger partial charge in [0.25, 0.3) is 0 Å². The molecule has 0 aromatic heterocycles. The van der Waals surface area contributed by atoms with E-state index in [1.54, 1.807) is 24.3 Å². The van der Waals surface area contributed by atoms with Gasteiger partial charge in [-0.3, -0.25) is 4.79 Å². The largest absolute Gasteiger partial charge is 0.289 e. The molecule has 3 heteroatoms. The van der Waals surface area contributed by atoms with Gasteiger partial charge in [0.1, 0.15) is 0 Å². The van der Waals surface area contributed by atoms with Crippen LogP contribution in [0.25, 0.3) is 22.3 Å². The molecule has 0 aliphatic heterocycles. The third-order valence-corrected chi connectivity index (χ3v) is 4.41. The number of carbonyl (C=O) groups is 1. The summed E-state index contributed by atoms with van der Waals surface area (Å²) >= 11 is 12.2. The first-order valence-electron chi connectivity index (χ1n) is 6.88. The average molecular weight is 325 g/mol. The van der Waals surface area contributed by atoms with Crippen molar-refractivity contribution in [3.05, 3.63) is 81.8 Å². The first-order chi connectivity index (χ1) is 10.6. The van der Waals surface area contributed by atoms with Crippen LogP contribution in [0.4, 0.5) is 0 Å². The fraction of sp³-hybridized carbons (Fsp3) is 0. The van der Waals surface area contributed by atoms with Crippen molar-refractivity contribution < 1.29 is 4.79 Å². The molecule has 0 atom stereocenters. The van der Waals surface area contributed by atoms with Gasteiger partial charge in [-0.15, -0.1) is 0 Å². The zero-order valence-corrected chi connectivity index (χ0v) is 12.9. The van der Waals surface area contributed by atoms with Crippen molar-refractivity contribution in [2.75, 3.05) is 0 Å². The smallest absolute Gasteiger partial charge is 0.194 e. The molecule has 0 radical (unpaired) electrons. The molecule has 1 aliphatic rings. The van der Waals surface area contributed by atoms with Gasteiger partial charge in [-0.25, -0.2) is 0 Å². The molecule has 1 nitrogen and oxygen atoms in total. The minimum Gasteiger partial charge on any atom is -0.289 e. The maximum Gasteiger partial charge on any atom is 0.194 e. The van der Waals surface area contributed by atoms with Gasteiger partial charge < -0.3 is 0 Å². The third-order valence-electron chi connectivity index (χ3n) is 3.94. The van der Waals surface area contributed by atoms with Gasteiger partial charge >= 0.3 is 0 Å². The molecule has 1 aliphatic carbocycles. The number of hydrogen-bond donors (Lipinski definition) is 0. The number of carbonyl (C=O) groups excluding carboxylic acids is 1. The fourth-order valence-corrected chi connectivity index (χ4v) is 3.25. The van der Waals surface area contributed by atoms with Crippen LogP contribution in [-0.2, 0) is 0 Å². The molecule has 4 rings (SSSR count). The molecule has 0 N–H and O–H groups in total. The molecule has 0 saturated heterocycles. The van der Waals surface area contributed by atoms with Crippen molar-refractivity contribution in [3.63, 3.8) is 0 Å². The van der Waals surface area contributed by atoms with Gasteiger partial charge in [-0.05, 0) is 64.7 Å². The van der Waals surface area contributed by atoms with E-state index in [1.807, 2.05) is 30.3 Å². The number of hydrogen-bond acceptors (Lipinski definition) is 1. The van der Waals surface area contributed by atoms with Crippen LogP contribution in [0.15, 0.2) is 60.7 Å². The number of rotatable bonds is 0. The summed E-state index contributed by atoms with van der Waals surface area (Å²) in [5.74, 6) is -0.00914. The van der Waals surface area contributed by atoms with E-state index in [1.165, 1.54) is 0 Å². The molecule has 0 fully saturated rings. The number of halogens is 2. The SMILES string of the molecule is O=C1c2ccc(Cl)cc2-c2cccc(c2)-c2cc(Cl)ccc21. The van der Waals surface area contributed by atoms with E-state index >= 15 is 0 Å². The van der Waals surface area contributed by atoms with Gasteiger partial charge in [0.15, 0.2) is 5.78 Å². The topological polar surface area (TPSA) is 17.1 Å². The van der Waals surface area contributed by atoms with Crippen LogP contribution in [-0.4, -0.2) is 5.78 Å². The molecule has 2 bridgehead atoms. The Morgan fingerprint density at radius 2 is 1.09 bits per heavy atom. The number of fused-ring (bicyclic) bond motifs is 6. The van der Waals surface area contributed by atoms with Crippen molar-refractivity contribution in [1.82, 2.24) is 0 Å². The zero-order chi connectivity index (χ0) is 15.3. The van der Waals surface area contributed by atoms with Crippen LogP contribution in [0, 0.1) is 0 Å². The predicted octanol–water partition coefficient (Wildman–Crippen LogP) is 5.87. The van der Waals surface area contributed by atoms with Gasteiger partial charge in [-0.2, -0.15) is 0 Å². The van der Waals surface area contributed by atoms with E-state index in [0.29, 0.717) is 21.2 Å². The second-order valence-corrected chi connectivity index (χ2v) is 6.16. The lowest BCUT2D eigenvalue weighted by atomic mass is 9.86. The third kappa shape index (κ3) is 2.06. The summed E-state index contributed by atoms with van der Waals surface area (Å²) in [4.78, 5) is 13.0. The van der Waals surface area contributed by atoms with Crippen LogP contribution in [0.1, 0.15) is 15.9 Å². The highest BCUT2D eigenvalue weighted by Crippen LogP contribution is 2.37. The second kappa shape index (κ2) is 4.98. The molecule has 22 heavy (non-hydrogen) atoms. The van der Waals surface area contributed by atoms with Gasteiger partial charge in [0, 0.05) is 21.2 Å². The van der Waals surface area contributed by atoms with Crippen LogP contribution < -0.4 is 0 Å². The molecule has 0 unspecified atom stereocenters. The highest BCUT2D eigenvalue weighted by molar-refractivity contribution is 6.32. The van der Waals surface area contributed by atoms with Crippen molar-refractivity contribution >= 4 is 29.0 Å². The first kappa shape index (κ1) is 13.6. The summed E-state index contributed by atoms with van der Waals surface area (Å²) in [5, 5.41) is 1.24. The Morgan fingerprint density at radius 3 is 1.59 bits per heavy atom.